The third-order valence-electron chi connectivity index (χ3n) is 3.46. The number of rotatable bonds is 6. The summed E-state index contributed by atoms with van der Waals surface area (Å²) in [7, 11) is 2.07. The van der Waals surface area contributed by atoms with Gasteiger partial charge in [-0.15, -0.1) is 0 Å². The number of nitriles is 1. The van der Waals surface area contributed by atoms with E-state index in [4.69, 9.17) is 5.26 Å². The van der Waals surface area contributed by atoms with Crippen LogP contribution >= 0.6 is 0 Å². The summed E-state index contributed by atoms with van der Waals surface area (Å²) < 4.78 is 0. The first-order valence-electron chi connectivity index (χ1n) is 6.65. The molecule has 2 rings (SSSR count). The van der Waals surface area contributed by atoms with E-state index in [0.29, 0.717) is 12.6 Å². The Kier molecular flexibility index (Phi) is 4.53. The number of nitrogens with zero attached hydrogens (tertiary/aromatic N) is 2. The second kappa shape index (κ2) is 6.35. The zero-order valence-corrected chi connectivity index (χ0v) is 11.2. The van der Waals surface area contributed by atoms with Crippen molar-refractivity contribution in [1.82, 2.24) is 10.2 Å². The Morgan fingerprint density at radius 2 is 2.16 bits per heavy atom. The van der Waals surface area contributed by atoms with Gasteiger partial charge in [-0.2, -0.15) is 5.26 Å². The van der Waals surface area contributed by atoms with Gasteiger partial charge in [0.15, 0.2) is 0 Å². The molecule has 19 heavy (non-hydrogen) atoms. The van der Waals surface area contributed by atoms with Crippen LogP contribution in [0.2, 0.25) is 0 Å². The van der Waals surface area contributed by atoms with Crippen molar-refractivity contribution in [1.29, 1.82) is 5.26 Å². The van der Waals surface area contributed by atoms with Crippen molar-refractivity contribution in [3.05, 3.63) is 35.9 Å². The highest BCUT2D eigenvalue weighted by atomic mass is 16.1. The highest BCUT2D eigenvalue weighted by Crippen LogP contribution is 2.24. The van der Waals surface area contributed by atoms with Gasteiger partial charge in [0, 0.05) is 19.1 Å². The molecule has 1 aliphatic rings. The molecular formula is C15H19N3O. The third-order valence-corrected chi connectivity index (χ3v) is 3.46. The predicted molar refractivity (Wildman–Crippen MR) is 73.5 cm³/mol. The summed E-state index contributed by atoms with van der Waals surface area (Å²) in [6.07, 6.45) is 2.52. The lowest BCUT2D eigenvalue weighted by molar-refractivity contribution is -0.121. The smallest absolute Gasteiger partial charge is 0.241 e. The molecule has 0 aliphatic heterocycles. The summed E-state index contributed by atoms with van der Waals surface area (Å²) in [6.45, 7) is 1.43. The summed E-state index contributed by atoms with van der Waals surface area (Å²) in [4.78, 5) is 14.2. The normalized spacial score (nSPS) is 15.8. The first-order valence-corrected chi connectivity index (χ1v) is 6.65. The Balaban J connectivity index is 1.82. The van der Waals surface area contributed by atoms with E-state index < -0.39 is 5.92 Å². The van der Waals surface area contributed by atoms with Gasteiger partial charge in [-0.05, 0) is 25.5 Å². The Bertz CT molecular complexity index is 462. The lowest BCUT2D eigenvalue weighted by Gasteiger charge is -2.16. The zero-order valence-electron chi connectivity index (χ0n) is 11.2. The minimum atomic E-state index is -0.715. The van der Waals surface area contributed by atoms with Crippen LogP contribution in [0.4, 0.5) is 0 Å². The molecule has 4 heteroatoms. The van der Waals surface area contributed by atoms with Crippen molar-refractivity contribution >= 4 is 5.91 Å². The van der Waals surface area contributed by atoms with Crippen molar-refractivity contribution in [3.8, 4) is 6.07 Å². The first kappa shape index (κ1) is 13.6. The largest absolute Gasteiger partial charge is 0.353 e. The van der Waals surface area contributed by atoms with Crippen LogP contribution in [0.5, 0.6) is 0 Å². The van der Waals surface area contributed by atoms with E-state index in [1.54, 1.807) is 0 Å². The number of hydrogen-bond donors (Lipinski definition) is 1. The number of amides is 1. The van der Waals surface area contributed by atoms with E-state index >= 15 is 0 Å². The maximum absolute atomic E-state index is 12.0. The molecule has 0 spiro atoms. The summed E-state index contributed by atoms with van der Waals surface area (Å²) in [5, 5.41) is 12.0. The van der Waals surface area contributed by atoms with E-state index in [0.717, 1.165) is 12.1 Å². The molecule has 4 nitrogen and oxygen atoms in total. The number of hydrogen-bond acceptors (Lipinski definition) is 3. The Labute approximate surface area is 114 Å². The molecule has 1 aromatic carbocycles. The summed E-state index contributed by atoms with van der Waals surface area (Å²) in [5.41, 5.74) is 0.748. The minimum absolute atomic E-state index is 0.210. The van der Waals surface area contributed by atoms with E-state index in [-0.39, 0.29) is 5.91 Å². The van der Waals surface area contributed by atoms with Crippen LogP contribution in [0.15, 0.2) is 30.3 Å². The maximum atomic E-state index is 12.0. The van der Waals surface area contributed by atoms with Gasteiger partial charge in [0.2, 0.25) is 5.91 Å². The minimum Gasteiger partial charge on any atom is -0.353 e. The van der Waals surface area contributed by atoms with Crippen LogP contribution < -0.4 is 5.32 Å². The molecule has 1 N–H and O–H groups in total. The van der Waals surface area contributed by atoms with Crippen LogP contribution in [0.3, 0.4) is 0 Å². The predicted octanol–water partition coefficient (Wildman–Crippen LogP) is 1.50. The highest BCUT2D eigenvalue weighted by Gasteiger charge is 2.26. The second-order valence-corrected chi connectivity index (χ2v) is 4.98. The van der Waals surface area contributed by atoms with E-state index in [1.165, 1.54) is 12.8 Å². The van der Waals surface area contributed by atoms with Crippen LogP contribution in [0.1, 0.15) is 24.3 Å². The Morgan fingerprint density at radius 1 is 1.47 bits per heavy atom. The van der Waals surface area contributed by atoms with Crippen molar-refractivity contribution in [3.63, 3.8) is 0 Å². The van der Waals surface area contributed by atoms with Crippen molar-refractivity contribution in [2.75, 3.05) is 20.1 Å². The molecule has 1 atom stereocenters. The van der Waals surface area contributed by atoms with Crippen molar-refractivity contribution in [2.45, 2.75) is 24.8 Å². The summed E-state index contributed by atoms with van der Waals surface area (Å²) in [5.74, 6) is -0.926. The van der Waals surface area contributed by atoms with Gasteiger partial charge in [0.25, 0.3) is 0 Å². The Hall–Kier alpha value is -1.86. The van der Waals surface area contributed by atoms with Crippen LogP contribution in [-0.4, -0.2) is 37.0 Å². The van der Waals surface area contributed by atoms with Gasteiger partial charge in [-0.1, -0.05) is 30.3 Å². The molecule has 1 unspecified atom stereocenters. The van der Waals surface area contributed by atoms with Gasteiger partial charge < -0.3 is 10.2 Å². The second-order valence-electron chi connectivity index (χ2n) is 4.98. The summed E-state index contributed by atoms with van der Waals surface area (Å²) in [6, 6.07) is 11.9. The third kappa shape index (κ3) is 3.80. The Morgan fingerprint density at radius 3 is 2.74 bits per heavy atom. The maximum Gasteiger partial charge on any atom is 0.241 e. The molecule has 1 saturated carbocycles. The molecule has 1 aliphatic carbocycles. The van der Waals surface area contributed by atoms with Crippen LogP contribution in [0, 0.1) is 11.3 Å². The zero-order chi connectivity index (χ0) is 13.7. The average molecular weight is 257 g/mol. The summed E-state index contributed by atoms with van der Waals surface area (Å²) >= 11 is 0. The monoisotopic (exact) mass is 257 g/mol. The van der Waals surface area contributed by atoms with Crippen molar-refractivity contribution < 1.29 is 4.79 Å². The number of likely N-dealkylation sites (N-methyl/N-ethyl adjacent to an activating group) is 1. The fourth-order valence-corrected chi connectivity index (χ4v) is 2.09. The number of nitrogens with one attached hydrogen (secondary N) is 1. The molecule has 0 saturated heterocycles. The molecular weight excluding hydrogens is 238 g/mol. The van der Waals surface area contributed by atoms with E-state index in [2.05, 4.69) is 23.3 Å². The van der Waals surface area contributed by atoms with E-state index in [9.17, 15) is 4.79 Å². The lowest BCUT2D eigenvalue weighted by Crippen LogP contribution is -2.36. The lowest BCUT2D eigenvalue weighted by atomic mass is 10.00. The van der Waals surface area contributed by atoms with E-state index in [1.807, 2.05) is 30.3 Å². The molecule has 1 fully saturated rings. The molecule has 0 radical (unpaired) electrons. The SMILES string of the molecule is CN(CCNC(=O)C(C#N)c1ccccc1)C1CC1. The number of carbonyl (C=O) groups excluding carboxylic acids is 1. The first-order chi connectivity index (χ1) is 9.22. The molecule has 0 heterocycles. The molecule has 0 aromatic heterocycles. The van der Waals surface area contributed by atoms with Gasteiger partial charge >= 0.3 is 0 Å². The standard InChI is InChI=1S/C15H19N3O/c1-18(13-7-8-13)10-9-17-15(19)14(11-16)12-5-3-2-4-6-12/h2-6,13-14H,7-10H2,1H3,(H,17,19). The molecule has 0 bridgehead atoms. The number of benzene rings is 1. The van der Waals surface area contributed by atoms with Gasteiger partial charge in [0.05, 0.1) is 6.07 Å². The molecule has 100 valence electrons. The quantitative estimate of drug-likeness (QED) is 0.840. The molecule has 1 aromatic rings. The fourth-order valence-electron chi connectivity index (χ4n) is 2.09. The van der Waals surface area contributed by atoms with Crippen LogP contribution in [-0.2, 0) is 4.79 Å². The topological polar surface area (TPSA) is 56.1 Å². The van der Waals surface area contributed by atoms with Gasteiger partial charge in [-0.3, -0.25) is 4.79 Å². The van der Waals surface area contributed by atoms with Crippen LogP contribution in [0.25, 0.3) is 0 Å². The van der Waals surface area contributed by atoms with Crippen molar-refractivity contribution in [2.24, 2.45) is 0 Å². The fraction of sp³-hybridized carbons (Fsp3) is 0.467. The molecule has 1 amide bonds. The van der Waals surface area contributed by atoms with Gasteiger partial charge in [0.1, 0.15) is 5.92 Å². The number of carbonyl (C=O) groups is 1. The average Bonchev–Trinajstić information content (AvgIpc) is 3.25. The van der Waals surface area contributed by atoms with Gasteiger partial charge in [-0.25, -0.2) is 0 Å². The highest BCUT2D eigenvalue weighted by molar-refractivity contribution is 5.86.